The molecule has 2 atom stereocenters. The minimum absolute atomic E-state index is 0.262. The van der Waals surface area contributed by atoms with Crippen molar-refractivity contribution in [3.05, 3.63) is 58.3 Å². The van der Waals surface area contributed by atoms with E-state index in [0.29, 0.717) is 4.88 Å². The molecule has 6 nitrogen and oxygen atoms in total. The van der Waals surface area contributed by atoms with Gasteiger partial charge in [-0.15, -0.1) is 11.3 Å². The number of rotatable bonds is 8. The van der Waals surface area contributed by atoms with Crippen molar-refractivity contribution >= 4 is 29.1 Å². The zero-order chi connectivity index (χ0) is 18.2. The summed E-state index contributed by atoms with van der Waals surface area (Å²) >= 11 is 1.28. The standard InChI is InChI=1S/C18H20N2O4S/c1-2-13(18(23)24)19-16(21)14(11-12-7-4-3-5-8-12)20-17(22)15-9-6-10-25-15/h3-10,13-14H,2,11H2,1H3,(H,19,21)(H,20,22)(H,23,24). The second kappa shape index (κ2) is 8.98. The molecule has 1 heterocycles. The van der Waals surface area contributed by atoms with Crippen LogP contribution in [0.2, 0.25) is 0 Å². The van der Waals surface area contributed by atoms with E-state index < -0.39 is 24.0 Å². The minimum atomic E-state index is -1.10. The molecule has 0 saturated carbocycles. The number of nitrogens with one attached hydrogen (secondary N) is 2. The molecule has 1 aromatic carbocycles. The van der Waals surface area contributed by atoms with E-state index in [0.717, 1.165) is 5.56 Å². The molecule has 7 heteroatoms. The van der Waals surface area contributed by atoms with Crippen molar-refractivity contribution in [1.29, 1.82) is 0 Å². The first-order valence-electron chi connectivity index (χ1n) is 7.92. The van der Waals surface area contributed by atoms with Crippen LogP contribution in [0.15, 0.2) is 47.8 Å². The van der Waals surface area contributed by atoms with E-state index in [-0.39, 0.29) is 18.7 Å². The van der Waals surface area contributed by atoms with Gasteiger partial charge in [0.25, 0.3) is 5.91 Å². The lowest BCUT2D eigenvalue weighted by molar-refractivity contribution is -0.142. The summed E-state index contributed by atoms with van der Waals surface area (Å²) in [6.45, 7) is 1.68. The molecular formula is C18H20N2O4S. The van der Waals surface area contributed by atoms with Crippen LogP contribution in [0.25, 0.3) is 0 Å². The van der Waals surface area contributed by atoms with Crippen LogP contribution in [-0.4, -0.2) is 35.0 Å². The first-order valence-corrected chi connectivity index (χ1v) is 8.80. The predicted octanol–water partition coefficient (Wildman–Crippen LogP) is 2.07. The van der Waals surface area contributed by atoms with Crippen LogP contribution >= 0.6 is 11.3 Å². The molecule has 2 aromatic rings. The molecule has 0 bridgehead atoms. The Balaban J connectivity index is 2.14. The maximum Gasteiger partial charge on any atom is 0.326 e. The SMILES string of the molecule is CCC(NC(=O)C(Cc1ccccc1)NC(=O)c1cccs1)C(=O)O. The Morgan fingerprint density at radius 3 is 2.32 bits per heavy atom. The molecule has 2 unspecified atom stereocenters. The molecule has 2 amide bonds. The smallest absolute Gasteiger partial charge is 0.326 e. The van der Waals surface area contributed by atoms with Crippen LogP contribution < -0.4 is 10.6 Å². The number of thiophene rings is 1. The van der Waals surface area contributed by atoms with Crippen molar-refractivity contribution in [1.82, 2.24) is 10.6 Å². The number of carbonyl (C=O) groups is 3. The summed E-state index contributed by atoms with van der Waals surface area (Å²) < 4.78 is 0. The molecular weight excluding hydrogens is 340 g/mol. The third-order valence-electron chi connectivity index (χ3n) is 3.67. The van der Waals surface area contributed by atoms with Crippen LogP contribution in [0, 0.1) is 0 Å². The Labute approximate surface area is 149 Å². The molecule has 2 rings (SSSR count). The number of carboxylic acid groups (broad SMARTS) is 1. The van der Waals surface area contributed by atoms with Crippen molar-refractivity contribution in [3.63, 3.8) is 0 Å². The quantitative estimate of drug-likeness (QED) is 0.671. The molecule has 0 saturated heterocycles. The molecule has 1 aromatic heterocycles. The van der Waals surface area contributed by atoms with E-state index in [1.54, 1.807) is 24.4 Å². The second-order valence-corrected chi connectivity index (χ2v) is 6.45. The zero-order valence-electron chi connectivity index (χ0n) is 13.8. The topological polar surface area (TPSA) is 95.5 Å². The van der Waals surface area contributed by atoms with Gasteiger partial charge >= 0.3 is 5.97 Å². The van der Waals surface area contributed by atoms with E-state index in [1.807, 2.05) is 30.3 Å². The van der Waals surface area contributed by atoms with E-state index in [1.165, 1.54) is 11.3 Å². The van der Waals surface area contributed by atoms with Crippen molar-refractivity contribution in [3.8, 4) is 0 Å². The van der Waals surface area contributed by atoms with Gasteiger partial charge < -0.3 is 15.7 Å². The van der Waals surface area contributed by atoms with Gasteiger partial charge in [-0.2, -0.15) is 0 Å². The second-order valence-electron chi connectivity index (χ2n) is 5.50. The lowest BCUT2D eigenvalue weighted by Gasteiger charge is -2.21. The van der Waals surface area contributed by atoms with Crippen molar-refractivity contribution < 1.29 is 19.5 Å². The molecule has 0 aliphatic rings. The van der Waals surface area contributed by atoms with Crippen LogP contribution in [0.4, 0.5) is 0 Å². The summed E-state index contributed by atoms with van der Waals surface area (Å²) in [5.41, 5.74) is 0.873. The predicted molar refractivity (Wildman–Crippen MR) is 95.6 cm³/mol. The van der Waals surface area contributed by atoms with Crippen LogP contribution in [0.1, 0.15) is 28.6 Å². The highest BCUT2D eigenvalue weighted by molar-refractivity contribution is 7.12. The van der Waals surface area contributed by atoms with Gasteiger partial charge in [0.1, 0.15) is 12.1 Å². The average molecular weight is 360 g/mol. The number of aliphatic carboxylic acids is 1. The number of benzene rings is 1. The number of carboxylic acids is 1. The third-order valence-corrected chi connectivity index (χ3v) is 4.54. The maximum atomic E-state index is 12.5. The van der Waals surface area contributed by atoms with Crippen molar-refractivity contribution in [2.75, 3.05) is 0 Å². The summed E-state index contributed by atoms with van der Waals surface area (Å²) in [5, 5.41) is 16.1. The van der Waals surface area contributed by atoms with Crippen LogP contribution in [0.3, 0.4) is 0 Å². The summed E-state index contributed by atoms with van der Waals surface area (Å²) in [7, 11) is 0. The third kappa shape index (κ3) is 5.42. The van der Waals surface area contributed by atoms with Gasteiger partial charge in [-0.1, -0.05) is 43.3 Å². The fraction of sp³-hybridized carbons (Fsp3) is 0.278. The summed E-state index contributed by atoms with van der Waals surface area (Å²) in [4.78, 5) is 36.5. The normalized spacial score (nSPS) is 12.8. The fourth-order valence-corrected chi connectivity index (χ4v) is 2.93. The van der Waals surface area contributed by atoms with E-state index in [4.69, 9.17) is 5.11 Å². The molecule has 0 spiro atoms. The highest BCUT2D eigenvalue weighted by Crippen LogP contribution is 2.10. The Kier molecular flexibility index (Phi) is 6.71. The van der Waals surface area contributed by atoms with Crippen molar-refractivity contribution in [2.45, 2.75) is 31.8 Å². The van der Waals surface area contributed by atoms with Gasteiger partial charge in [0, 0.05) is 6.42 Å². The van der Waals surface area contributed by atoms with Gasteiger partial charge in [0.15, 0.2) is 0 Å². The lowest BCUT2D eigenvalue weighted by atomic mass is 10.0. The van der Waals surface area contributed by atoms with E-state index in [2.05, 4.69) is 10.6 Å². The summed E-state index contributed by atoms with van der Waals surface area (Å²) in [6, 6.07) is 10.8. The highest BCUT2D eigenvalue weighted by atomic mass is 32.1. The van der Waals surface area contributed by atoms with Crippen LogP contribution in [-0.2, 0) is 16.0 Å². The molecule has 0 aliphatic carbocycles. The number of hydrogen-bond acceptors (Lipinski definition) is 4. The van der Waals surface area contributed by atoms with Gasteiger partial charge in [-0.3, -0.25) is 9.59 Å². The Morgan fingerprint density at radius 1 is 1.04 bits per heavy atom. The van der Waals surface area contributed by atoms with Gasteiger partial charge in [-0.05, 0) is 23.4 Å². The summed E-state index contributed by atoms with van der Waals surface area (Å²) in [5.74, 6) is -1.96. The Hall–Kier alpha value is -2.67. The molecule has 25 heavy (non-hydrogen) atoms. The molecule has 132 valence electrons. The van der Waals surface area contributed by atoms with Crippen LogP contribution in [0.5, 0.6) is 0 Å². The Bertz CT molecular complexity index is 716. The molecule has 0 aliphatic heterocycles. The Morgan fingerprint density at radius 2 is 1.76 bits per heavy atom. The fourth-order valence-electron chi connectivity index (χ4n) is 2.31. The number of amides is 2. The number of carbonyl (C=O) groups excluding carboxylic acids is 2. The molecule has 3 N–H and O–H groups in total. The van der Waals surface area contributed by atoms with Gasteiger partial charge in [-0.25, -0.2) is 4.79 Å². The van der Waals surface area contributed by atoms with E-state index in [9.17, 15) is 14.4 Å². The maximum absolute atomic E-state index is 12.5. The monoisotopic (exact) mass is 360 g/mol. The zero-order valence-corrected chi connectivity index (χ0v) is 14.6. The van der Waals surface area contributed by atoms with Gasteiger partial charge in [0.2, 0.25) is 5.91 Å². The summed E-state index contributed by atoms with van der Waals surface area (Å²) in [6.07, 6.45) is 0.540. The first kappa shape index (κ1) is 18.7. The van der Waals surface area contributed by atoms with Crippen molar-refractivity contribution in [2.24, 2.45) is 0 Å². The molecule has 0 radical (unpaired) electrons. The lowest BCUT2D eigenvalue weighted by Crippen LogP contribution is -2.52. The van der Waals surface area contributed by atoms with Gasteiger partial charge in [0.05, 0.1) is 4.88 Å². The highest BCUT2D eigenvalue weighted by Gasteiger charge is 2.26. The molecule has 0 fully saturated rings. The largest absolute Gasteiger partial charge is 0.480 e. The first-order chi connectivity index (χ1) is 12.0. The van der Waals surface area contributed by atoms with E-state index >= 15 is 0 Å². The number of hydrogen-bond donors (Lipinski definition) is 3. The average Bonchev–Trinajstić information content (AvgIpc) is 3.14. The minimum Gasteiger partial charge on any atom is -0.480 e.